The quantitative estimate of drug-likeness (QED) is 0.840. The van der Waals surface area contributed by atoms with Gasteiger partial charge in [-0.25, -0.2) is 0 Å². The SMILES string of the molecule is CC(=O)c1ccc(NC(=O)CCN2CCCCC2)cc1. The molecule has 2 rings (SSSR count). The molecule has 1 heterocycles. The van der Waals surface area contributed by atoms with Gasteiger partial charge >= 0.3 is 0 Å². The zero-order chi connectivity index (χ0) is 14.4. The molecule has 0 bridgehead atoms. The number of carbonyl (C=O) groups is 2. The van der Waals surface area contributed by atoms with E-state index in [0.717, 1.165) is 25.3 Å². The van der Waals surface area contributed by atoms with E-state index in [1.807, 2.05) is 0 Å². The fraction of sp³-hybridized carbons (Fsp3) is 0.500. The van der Waals surface area contributed by atoms with Crippen molar-refractivity contribution in [3.8, 4) is 0 Å². The Labute approximate surface area is 120 Å². The van der Waals surface area contributed by atoms with Gasteiger partial charge in [0.1, 0.15) is 0 Å². The van der Waals surface area contributed by atoms with Gasteiger partial charge in [0, 0.05) is 24.2 Å². The van der Waals surface area contributed by atoms with Crippen LogP contribution < -0.4 is 5.32 Å². The van der Waals surface area contributed by atoms with E-state index in [0.29, 0.717) is 12.0 Å². The van der Waals surface area contributed by atoms with Gasteiger partial charge in [0.05, 0.1) is 0 Å². The van der Waals surface area contributed by atoms with Crippen LogP contribution in [0.15, 0.2) is 24.3 Å². The van der Waals surface area contributed by atoms with Crippen molar-refractivity contribution < 1.29 is 9.59 Å². The highest BCUT2D eigenvalue weighted by molar-refractivity contribution is 5.95. The van der Waals surface area contributed by atoms with Crippen molar-refractivity contribution in [2.45, 2.75) is 32.6 Å². The van der Waals surface area contributed by atoms with Gasteiger partial charge in [-0.1, -0.05) is 6.42 Å². The summed E-state index contributed by atoms with van der Waals surface area (Å²) >= 11 is 0. The summed E-state index contributed by atoms with van der Waals surface area (Å²) in [5, 5.41) is 2.87. The van der Waals surface area contributed by atoms with E-state index in [1.54, 1.807) is 24.3 Å². The first kappa shape index (κ1) is 14.7. The standard InChI is InChI=1S/C16H22N2O2/c1-13(19)14-5-7-15(8-6-14)17-16(20)9-12-18-10-3-2-4-11-18/h5-8H,2-4,9-12H2,1H3,(H,17,20). The van der Waals surface area contributed by atoms with Crippen molar-refractivity contribution in [1.29, 1.82) is 0 Å². The molecule has 0 aromatic heterocycles. The second-order valence-corrected chi connectivity index (χ2v) is 5.33. The highest BCUT2D eigenvalue weighted by Crippen LogP contribution is 2.12. The van der Waals surface area contributed by atoms with E-state index in [2.05, 4.69) is 10.2 Å². The highest BCUT2D eigenvalue weighted by atomic mass is 16.1. The molecule has 20 heavy (non-hydrogen) atoms. The van der Waals surface area contributed by atoms with Crippen molar-refractivity contribution in [3.05, 3.63) is 29.8 Å². The number of piperidine rings is 1. The summed E-state index contributed by atoms with van der Waals surface area (Å²) in [6.45, 7) is 4.59. The van der Waals surface area contributed by atoms with Crippen LogP contribution in [0.3, 0.4) is 0 Å². The van der Waals surface area contributed by atoms with Gasteiger partial charge in [0.15, 0.2) is 5.78 Å². The first-order valence-corrected chi connectivity index (χ1v) is 7.28. The number of amides is 1. The lowest BCUT2D eigenvalue weighted by molar-refractivity contribution is -0.116. The number of Topliss-reactive ketones (excluding diaryl/α,β-unsaturated/α-hetero) is 1. The number of nitrogens with one attached hydrogen (secondary N) is 1. The van der Waals surface area contributed by atoms with E-state index in [-0.39, 0.29) is 11.7 Å². The molecule has 1 N–H and O–H groups in total. The average Bonchev–Trinajstić information content (AvgIpc) is 2.47. The molecule has 0 radical (unpaired) electrons. The molecule has 4 heteroatoms. The molecule has 0 atom stereocenters. The monoisotopic (exact) mass is 274 g/mol. The number of hydrogen-bond donors (Lipinski definition) is 1. The van der Waals surface area contributed by atoms with E-state index < -0.39 is 0 Å². The minimum Gasteiger partial charge on any atom is -0.326 e. The molecule has 0 spiro atoms. The molecule has 1 aliphatic rings. The molecule has 0 unspecified atom stereocenters. The Hall–Kier alpha value is -1.68. The van der Waals surface area contributed by atoms with Crippen LogP contribution in [0.25, 0.3) is 0 Å². The Morgan fingerprint density at radius 1 is 1.10 bits per heavy atom. The molecule has 108 valence electrons. The first-order valence-electron chi connectivity index (χ1n) is 7.28. The molecule has 0 saturated carbocycles. The van der Waals surface area contributed by atoms with Crippen molar-refractivity contribution in [1.82, 2.24) is 4.90 Å². The number of anilines is 1. The third-order valence-corrected chi connectivity index (χ3v) is 3.68. The fourth-order valence-electron chi connectivity index (χ4n) is 2.45. The van der Waals surface area contributed by atoms with Crippen LogP contribution in [0.5, 0.6) is 0 Å². The maximum atomic E-state index is 11.9. The maximum absolute atomic E-state index is 11.9. The Kier molecular flexibility index (Phi) is 5.30. The first-order chi connectivity index (χ1) is 9.65. The molecule has 1 aromatic rings. The maximum Gasteiger partial charge on any atom is 0.225 e. The van der Waals surface area contributed by atoms with E-state index >= 15 is 0 Å². The van der Waals surface area contributed by atoms with E-state index in [9.17, 15) is 9.59 Å². The summed E-state index contributed by atoms with van der Waals surface area (Å²) in [7, 11) is 0. The lowest BCUT2D eigenvalue weighted by Gasteiger charge is -2.25. The molecule has 0 aliphatic carbocycles. The van der Waals surface area contributed by atoms with Crippen molar-refractivity contribution in [2.75, 3.05) is 25.0 Å². The summed E-state index contributed by atoms with van der Waals surface area (Å²) in [6, 6.07) is 7.02. The molecule has 1 aromatic carbocycles. The highest BCUT2D eigenvalue weighted by Gasteiger charge is 2.11. The van der Waals surface area contributed by atoms with Gasteiger partial charge in [0.2, 0.25) is 5.91 Å². The van der Waals surface area contributed by atoms with Crippen molar-refractivity contribution in [2.24, 2.45) is 0 Å². The summed E-state index contributed by atoms with van der Waals surface area (Å²) < 4.78 is 0. The van der Waals surface area contributed by atoms with Gasteiger partial charge in [-0.2, -0.15) is 0 Å². The van der Waals surface area contributed by atoms with Crippen LogP contribution in [0, 0.1) is 0 Å². The van der Waals surface area contributed by atoms with Crippen LogP contribution in [0.2, 0.25) is 0 Å². The largest absolute Gasteiger partial charge is 0.326 e. The molecule has 1 saturated heterocycles. The molecule has 1 amide bonds. The molecular weight excluding hydrogens is 252 g/mol. The van der Waals surface area contributed by atoms with Gasteiger partial charge < -0.3 is 10.2 Å². The normalized spacial score (nSPS) is 15.8. The minimum atomic E-state index is 0.0335. The second kappa shape index (κ2) is 7.20. The third-order valence-electron chi connectivity index (χ3n) is 3.68. The molecule has 1 fully saturated rings. The molecular formula is C16H22N2O2. The Morgan fingerprint density at radius 3 is 2.35 bits per heavy atom. The topological polar surface area (TPSA) is 49.4 Å². The van der Waals surface area contributed by atoms with Crippen LogP contribution >= 0.6 is 0 Å². The summed E-state index contributed by atoms with van der Waals surface area (Å²) in [6.07, 6.45) is 4.32. The van der Waals surface area contributed by atoms with E-state index in [1.165, 1.54) is 26.2 Å². The predicted molar refractivity (Wildman–Crippen MR) is 80.0 cm³/mol. The smallest absolute Gasteiger partial charge is 0.225 e. The van der Waals surface area contributed by atoms with E-state index in [4.69, 9.17) is 0 Å². The minimum absolute atomic E-state index is 0.0335. The predicted octanol–water partition coefficient (Wildman–Crippen LogP) is 2.70. The zero-order valence-electron chi connectivity index (χ0n) is 12.0. The Bertz CT molecular complexity index is 462. The number of likely N-dealkylation sites (tertiary alicyclic amines) is 1. The summed E-state index contributed by atoms with van der Waals surface area (Å²) in [5.74, 6) is 0.0686. The lowest BCUT2D eigenvalue weighted by atomic mass is 10.1. The van der Waals surface area contributed by atoms with Crippen LogP contribution in [0.1, 0.15) is 43.0 Å². The van der Waals surface area contributed by atoms with Crippen molar-refractivity contribution >= 4 is 17.4 Å². The number of nitrogens with zero attached hydrogens (tertiary/aromatic N) is 1. The van der Waals surface area contributed by atoms with Crippen molar-refractivity contribution in [3.63, 3.8) is 0 Å². The molecule has 4 nitrogen and oxygen atoms in total. The summed E-state index contributed by atoms with van der Waals surface area (Å²) in [5.41, 5.74) is 1.41. The number of rotatable bonds is 5. The summed E-state index contributed by atoms with van der Waals surface area (Å²) in [4.78, 5) is 25.4. The average molecular weight is 274 g/mol. The van der Waals surface area contributed by atoms with Crippen LogP contribution in [0.4, 0.5) is 5.69 Å². The number of benzene rings is 1. The third kappa shape index (κ3) is 4.46. The fourth-order valence-corrected chi connectivity index (χ4v) is 2.45. The molecule has 1 aliphatic heterocycles. The number of carbonyl (C=O) groups excluding carboxylic acids is 2. The second-order valence-electron chi connectivity index (χ2n) is 5.33. The Morgan fingerprint density at radius 2 is 1.75 bits per heavy atom. The Balaban J connectivity index is 1.77. The zero-order valence-corrected chi connectivity index (χ0v) is 12.0. The lowest BCUT2D eigenvalue weighted by Crippen LogP contribution is -2.32. The van der Waals surface area contributed by atoms with Gasteiger partial charge in [-0.05, 0) is 57.1 Å². The van der Waals surface area contributed by atoms with Gasteiger partial charge in [-0.3, -0.25) is 9.59 Å². The van der Waals surface area contributed by atoms with Crippen LogP contribution in [-0.2, 0) is 4.79 Å². The van der Waals surface area contributed by atoms with Gasteiger partial charge in [-0.15, -0.1) is 0 Å². The number of hydrogen-bond acceptors (Lipinski definition) is 3. The van der Waals surface area contributed by atoms with Gasteiger partial charge in [0.25, 0.3) is 0 Å². The number of ketones is 1. The van der Waals surface area contributed by atoms with Crippen LogP contribution in [-0.4, -0.2) is 36.2 Å².